The first-order valence-corrected chi connectivity index (χ1v) is 13.4. The molecule has 3 aromatic heterocycles. The summed E-state index contributed by atoms with van der Waals surface area (Å²) in [5.74, 6) is 0.358. The number of rotatable bonds is 4. The summed E-state index contributed by atoms with van der Waals surface area (Å²) in [4.78, 5) is 9.34. The van der Waals surface area contributed by atoms with E-state index in [1.54, 1.807) is 10.6 Å². The second kappa shape index (κ2) is 10.00. The van der Waals surface area contributed by atoms with Crippen LogP contribution in [-0.4, -0.2) is 31.4 Å². The Morgan fingerprint density at radius 1 is 0.721 bits per heavy atom. The molecule has 0 spiro atoms. The lowest BCUT2D eigenvalue weighted by molar-refractivity contribution is -0.141. The van der Waals surface area contributed by atoms with E-state index in [0.717, 1.165) is 45.9 Å². The summed E-state index contributed by atoms with van der Waals surface area (Å²) in [6.45, 7) is 6.70. The van der Waals surface area contributed by atoms with Crippen LogP contribution in [0.4, 0.5) is 26.3 Å². The minimum absolute atomic E-state index is 0.159. The number of aryl methyl sites for hydroxylation is 4. The van der Waals surface area contributed by atoms with Gasteiger partial charge in [-0.25, -0.2) is 4.98 Å². The molecule has 0 aliphatic carbocycles. The second-order valence-corrected chi connectivity index (χ2v) is 10.8. The molecular weight excluding hydrogens is 567 g/mol. The van der Waals surface area contributed by atoms with E-state index in [4.69, 9.17) is 4.98 Å². The van der Waals surface area contributed by atoms with Crippen molar-refractivity contribution in [2.45, 2.75) is 40.0 Å². The zero-order valence-corrected chi connectivity index (χ0v) is 23.5. The molecule has 0 aliphatic rings. The molecule has 0 saturated carbocycles. The molecular formula is C31H24BF6N5. The van der Waals surface area contributed by atoms with Crippen molar-refractivity contribution in [1.82, 2.24) is 24.7 Å². The van der Waals surface area contributed by atoms with Gasteiger partial charge in [0.1, 0.15) is 11.5 Å². The largest absolute Gasteiger partial charge is 0.435 e. The Hall–Kier alpha value is -4.61. The van der Waals surface area contributed by atoms with Gasteiger partial charge < -0.3 is 0 Å². The lowest BCUT2D eigenvalue weighted by atomic mass is 9.40. The van der Waals surface area contributed by atoms with Crippen molar-refractivity contribution < 1.29 is 26.3 Å². The summed E-state index contributed by atoms with van der Waals surface area (Å²) in [5, 5.41) is 7.10. The van der Waals surface area contributed by atoms with Crippen LogP contribution in [0.15, 0.2) is 66.9 Å². The maximum Gasteiger partial charge on any atom is 0.435 e. The van der Waals surface area contributed by atoms with Gasteiger partial charge >= 0.3 is 19.1 Å². The Balaban J connectivity index is 1.60. The first-order chi connectivity index (χ1) is 20.2. The number of aromatic nitrogens is 5. The van der Waals surface area contributed by atoms with Gasteiger partial charge in [-0.05, 0) is 70.2 Å². The number of H-pyrrole nitrogens is 1. The Labute approximate surface area is 242 Å². The molecule has 3 aromatic carbocycles. The standard InChI is InChI=1S/C31H24BF6N5/c1-16-5-7-23-21(13-16)22-14-20(30(33,34)35)6-8-24(22)43(23)27-9-10-39-29(40-27)32(26-15-25(41-42-26)31(36,37)38)28-18(3)11-17(2)12-19(28)4/h5-15H,1-4H3,(H,41,42). The average Bonchev–Trinajstić information content (AvgIpc) is 3.53. The van der Waals surface area contributed by atoms with Gasteiger partial charge in [0.15, 0.2) is 5.69 Å². The SMILES string of the molecule is Cc1cc(C)c(B(c2nccc(-n3c4ccc(C)cc4c4cc(C(F)(F)F)ccc43)n2)c2cc(C(F)(F)F)n[nH]2)c(C)c1. The third-order valence-corrected chi connectivity index (χ3v) is 7.62. The monoisotopic (exact) mass is 591 g/mol. The van der Waals surface area contributed by atoms with Crippen LogP contribution in [0.3, 0.4) is 0 Å². The number of nitrogens with one attached hydrogen (secondary N) is 1. The van der Waals surface area contributed by atoms with Gasteiger partial charge in [-0.2, -0.15) is 31.4 Å². The number of hydrogen-bond acceptors (Lipinski definition) is 3. The highest BCUT2D eigenvalue weighted by atomic mass is 19.4. The molecule has 0 saturated heterocycles. The number of hydrogen-bond donors (Lipinski definition) is 1. The highest BCUT2D eigenvalue weighted by molar-refractivity contribution is 6.94. The number of nitrogens with zero attached hydrogens (tertiary/aromatic N) is 4. The van der Waals surface area contributed by atoms with E-state index >= 15 is 0 Å². The van der Waals surface area contributed by atoms with E-state index in [9.17, 15) is 26.3 Å². The average molecular weight is 591 g/mol. The van der Waals surface area contributed by atoms with E-state index in [2.05, 4.69) is 15.2 Å². The molecule has 218 valence electrons. The summed E-state index contributed by atoms with van der Waals surface area (Å²) in [7, 11) is 0. The summed E-state index contributed by atoms with van der Waals surface area (Å²) < 4.78 is 83.4. The quantitative estimate of drug-likeness (QED) is 0.200. The molecule has 0 bridgehead atoms. The maximum atomic E-state index is 13.6. The number of fused-ring (bicyclic) bond motifs is 3. The van der Waals surface area contributed by atoms with Crippen LogP contribution in [0, 0.1) is 27.7 Å². The predicted molar refractivity (Wildman–Crippen MR) is 155 cm³/mol. The van der Waals surface area contributed by atoms with Crippen LogP contribution < -0.4 is 16.8 Å². The van der Waals surface area contributed by atoms with Gasteiger partial charge in [-0.15, -0.1) is 0 Å². The first kappa shape index (κ1) is 28.5. The van der Waals surface area contributed by atoms with Gasteiger partial charge in [0, 0.05) is 22.6 Å². The van der Waals surface area contributed by atoms with Gasteiger partial charge in [0.05, 0.1) is 16.6 Å². The van der Waals surface area contributed by atoms with Crippen molar-refractivity contribution in [2.75, 3.05) is 0 Å². The fourth-order valence-electron chi connectivity index (χ4n) is 5.89. The Morgan fingerprint density at radius 2 is 1.37 bits per heavy atom. The third kappa shape index (κ3) is 5.04. The van der Waals surface area contributed by atoms with Crippen molar-refractivity contribution in [1.29, 1.82) is 0 Å². The minimum atomic E-state index is -4.66. The van der Waals surface area contributed by atoms with Crippen molar-refractivity contribution >= 4 is 45.3 Å². The predicted octanol–water partition coefficient (Wildman–Crippen LogP) is 6.08. The molecule has 0 amide bonds. The summed E-state index contributed by atoms with van der Waals surface area (Å²) in [6, 6.07) is 15.5. The fraction of sp³-hybridized carbons (Fsp3) is 0.194. The smallest absolute Gasteiger partial charge is 0.294 e. The molecule has 0 atom stereocenters. The Kier molecular flexibility index (Phi) is 6.63. The topological polar surface area (TPSA) is 59.4 Å². The Bertz CT molecular complexity index is 2000. The van der Waals surface area contributed by atoms with Crippen LogP contribution >= 0.6 is 0 Å². The molecule has 1 N–H and O–H groups in total. The molecule has 43 heavy (non-hydrogen) atoms. The third-order valence-electron chi connectivity index (χ3n) is 7.62. The normalized spacial score (nSPS) is 12.4. The lowest BCUT2D eigenvalue weighted by Crippen LogP contribution is -2.57. The van der Waals surface area contributed by atoms with E-state index in [-0.39, 0.29) is 11.3 Å². The van der Waals surface area contributed by atoms with Crippen molar-refractivity contribution in [3.05, 3.63) is 100 Å². The fourth-order valence-corrected chi connectivity index (χ4v) is 5.89. The van der Waals surface area contributed by atoms with E-state index in [1.165, 1.54) is 12.3 Å². The van der Waals surface area contributed by atoms with Crippen LogP contribution in [-0.2, 0) is 12.4 Å². The molecule has 6 aromatic rings. The molecule has 0 unspecified atom stereocenters. The molecule has 0 fully saturated rings. The minimum Gasteiger partial charge on any atom is -0.294 e. The summed E-state index contributed by atoms with van der Waals surface area (Å²) in [5.41, 5.74) is 3.93. The molecule has 6 rings (SSSR count). The number of benzene rings is 3. The zero-order chi connectivity index (χ0) is 30.8. The number of aromatic amines is 1. The van der Waals surface area contributed by atoms with Gasteiger partial charge in [-0.3, -0.25) is 14.6 Å². The van der Waals surface area contributed by atoms with Crippen LogP contribution in [0.1, 0.15) is 33.5 Å². The van der Waals surface area contributed by atoms with Crippen LogP contribution in [0.2, 0.25) is 0 Å². The molecule has 0 aliphatic heterocycles. The van der Waals surface area contributed by atoms with E-state index in [0.29, 0.717) is 27.6 Å². The summed E-state index contributed by atoms with van der Waals surface area (Å²) in [6.07, 6.45) is -7.68. The summed E-state index contributed by atoms with van der Waals surface area (Å²) >= 11 is 0. The molecule has 0 radical (unpaired) electrons. The zero-order valence-electron chi connectivity index (χ0n) is 23.5. The van der Waals surface area contributed by atoms with Crippen molar-refractivity contribution in [3.8, 4) is 5.82 Å². The van der Waals surface area contributed by atoms with Gasteiger partial charge in [0.25, 0.3) is 0 Å². The molecule has 3 heterocycles. The van der Waals surface area contributed by atoms with Gasteiger partial charge in [-0.1, -0.05) is 45.9 Å². The number of alkyl halides is 6. The Morgan fingerprint density at radius 3 is 2.00 bits per heavy atom. The first-order valence-electron chi connectivity index (χ1n) is 13.4. The molecule has 12 heteroatoms. The lowest BCUT2D eigenvalue weighted by Gasteiger charge is -2.18. The van der Waals surface area contributed by atoms with Crippen LogP contribution in [0.25, 0.3) is 27.6 Å². The van der Waals surface area contributed by atoms with Crippen LogP contribution in [0.5, 0.6) is 0 Å². The maximum absolute atomic E-state index is 13.6. The van der Waals surface area contributed by atoms with Crippen molar-refractivity contribution in [2.24, 2.45) is 0 Å². The van der Waals surface area contributed by atoms with E-state index < -0.39 is 30.3 Å². The van der Waals surface area contributed by atoms with Crippen molar-refractivity contribution in [3.63, 3.8) is 0 Å². The second-order valence-electron chi connectivity index (χ2n) is 10.8. The molecule has 5 nitrogen and oxygen atoms in total. The highest BCUT2D eigenvalue weighted by Crippen LogP contribution is 2.37. The van der Waals surface area contributed by atoms with Gasteiger partial charge in [0.2, 0.25) is 0 Å². The highest BCUT2D eigenvalue weighted by Gasteiger charge is 2.38. The number of halogens is 6. The van der Waals surface area contributed by atoms with E-state index in [1.807, 2.05) is 58.0 Å².